The Morgan fingerprint density at radius 3 is 2.78 bits per heavy atom. The first-order chi connectivity index (χ1) is 11.2. The number of fused-ring (bicyclic) bond motifs is 1. The molecule has 3 aromatic rings. The van der Waals surface area contributed by atoms with Gasteiger partial charge in [0.05, 0.1) is 19.9 Å². The lowest BCUT2D eigenvalue weighted by molar-refractivity contribution is 0.414. The van der Waals surface area contributed by atoms with E-state index in [4.69, 9.17) is 4.74 Å². The largest absolute Gasteiger partial charge is 0.497 e. The lowest BCUT2D eigenvalue weighted by Crippen LogP contribution is -2.16. The molecule has 0 aliphatic heterocycles. The van der Waals surface area contributed by atoms with Crippen LogP contribution in [0.1, 0.15) is 18.9 Å². The van der Waals surface area contributed by atoms with E-state index in [0.29, 0.717) is 23.5 Å². The second-order valence-electron chi connectivity index (χ2n) is 5.23. The summed E-state index contributed by atoms with van der Waals surface area (Å²) in [6.45, 7) is 3.31. The number of ether oxygens (including phenoxy) is 1. The Hall–Kier alpha value is -2.83. The number of methoxy groups -OCH3 is 1. The highest BCUT2D eigenvalue weighted by Gasteiger charge is 2.10. The molecular formula is C16H19N5O2. The molecule has 7 heteroatoms. The van der Waals surface area contributed by atoms with Gasteiger partial charge >= 0.3 is 0 Å². The minimum Gasteiger partial charge on any atom is -0.497 e. The number of benzene rings is 1. The molecule has 0 unspecified atom stereocenters. The van der Waals surface area contributed by atoms with Crippen molar-refractivity contribution < 1.29 is 4.74 Å². The van der Waals surface area contributed by atoms with Gasteiger partial charge < -0.3 is 10.1 Å². The Labute approximate surface area is 133 Å². The van der Waals surface area contributed by atoms with Crippen molar-refractivity contribution in [3.63, 3.8) is 0 Å². The molecule has 0 fully saturated rings. The molecule has 2 N–H and O–H groups in total. The monoisotopic (exact) mass is 313 g/mol. The molecule has 0 aliphatic carbocycles. The summed E-state index contributed by atoms with van der Waals surface area (Å²) in [4.78, 5) is 19.5. The third-order valence-corrected chi connectivity index (χ3v) is 3.53. The molecule has 2 heterocycles. The maximum atomic E-state index is 12.3. The number of hydrogen-bond donors (Lipinski definition) is 2. The number of aromatic amines is 1. The summed E-state index contributed by atoms with van der Waals surface area (Å²) in [5, 5.41) is 7.37. The summed E-state index contributed by atoms with van der Waals surface area (Å²) < 4.78 is 6.80. The van der Waals surface area contributed by atoms with Crippen molar-refractivity contribution in [2.45, 2.75) is 19.9 Å². The number of aromatic nitrogens is 4. The number of H-pyrrole nitrogens is 1. The minimum atomic E-state index is -0.195. The summed E-state index contributed by atoms with van der Waals surface area (Å²) >= 11 is 0. The standard InChI is InChI=1S/C16H19N5O2/c1-3-8-17-16-19-13-9-18-21(14(13)15(22)20-16)10-11-4-6-12(23-2)7-5-11/h4-7,9H,3,8,10H2,1-2H3,(H2,17,19,20,22). The minimum absolute atomic E-state index is 0.195. The van der Waals surface area contributed by atoms with Crippen LogP contribution in [0, 0.1) is 0 Å². The van der Waals surface area contributed by atoms with E-state index in [0.717, 1.165) is 24.3 Å². The van der Waals surface area contributed by atoms with Gasteiger partial charge in [0.25, 0.3) is 5.56 Å². The van der Waals surface area contributed by atoms with Crippen molar-refractivity contribution in [2.75, 3.05) is 19.0 Å². The van der Waals surface area contributed by atoms with E-state index in [2.05, 4.69) is 27.3 Å². The molecule has 0 bridgehead atoms. The third kappa shape index (κ3) is 3.18. The maximum absolute atomic E-state index is 12.3. The van der Waals surface area contributed by atoms with Gasteiger partial charge in [-0.3, -0.25) is 14.5 Å². The smallest absolute Gasteiger partial charge is 0.278 e. The average molecular weight is 313 g/mol. The summed E-state index contributed by atoms with van der Waals surface area (Å²) in [7, 11) is 1.63. The van der Waals surface area contributed by atoms with Gasteiger partial charge in [-0.25, -0.2) is 4.98 Å². The van der Waals surface area contributed by atoms with Gasteiger partial charge in [0.15, 0.2) is 5.52 Å². The normalized spacial score (nSPS) is 10.9. The molecule has 0 saturated heterocycles. The van der Waals surface area contributed by atoms with Crippen LogP contribution in [-0.4, -0.2) is 33.4 Å². The molecule has 0 saturated carbocycles. The Morgan fingerprint density at radius 2 is 2.09 bits per heavy atom. The average Bonchev–Trinajstić information content (AvgIpc) is 2.97. The van der Waals surface area contributed by atoms with E-state index in [-0.39, 0.29) is 5.56 Å². The van der Waals surface area contributed by atoms with Gasteiger partial charge in [-0.1, -0.05) is 19.1 Å². The van der Waals surface area contributed by atoms with E-state index in [1.807, 2.05) is 24.3 Å². The fourth-order valence-corrected chi connectivity index (χ4v) is 2.36. The molecule has 3 rings (SSSR count). The fourth-order valence-electron chi connectivity index (χ4n) is 2.36. The van der Waals surface area contributed by atoms with Crippen molar-refractivity contribution in [3.8, 4) is 5.75 Å². The summed E-state index contributed by atoms with van der Waals surface area (Å²) in [5.41, 5.74) is 1.90. The SMILES string of the molecule is CCCNc1nc2cnn(Cc3ccc(OC)cc3)c2c(=O)[nH]1. The van der Waals surface area contributed by atoms with E-state index in [9.17, 15) is 4.79 Å². The Kier molecular flexibility index (Phi) is 4.27. The van der Waals surface area contributed by atoms with E-state index < -0.39 is 0 Å². The quantitative estimate of drug-likeness (QED) is 0.727. The van der Waals surface area contributed by atoms with Crippen molar-refractivity contribution in [1.29, 1.82) is 0 Å². The predicted molar refractivity (Wildman–Crippen MR) is 89.0 cm³/mol. The molecule has 2 aromatic heterocycles. The second-order valence-corrected chi connectivity index (χ2v) is 5.23. The summed E-state index contributed by atoms with van der Waals surface area (Å²) in [6, 6.07) is 7.67. The zero-order valence-electron chi connectivity index (χ0n) is 13.2. The van der Waals surface area contributed by atoms with Crippen LogP contribution in [-0.2, 0) is 6.54 Å². The van der Waals surface area contributed by atoms with Crippen molar-refractivity contribution in [2.24, 2.45) is 0 Å². The third-order valence-electron chi connectivity index (χ3n) is 3.53. The lowest BCUT2D eigenvalue weighted by Gasteiger charge is -2.06. The number of nitrogens with one attached hydrogen (secondary N) is 2. The van der Waals surface area contributed by atoms with Gasteiger partial charge in [-0.15, -0.1) is 0 Å². The fraction of sp³-hybridized carbons (Fsp3) is 0.312. The van der Waals surface area contributed by atoms with Gasteiger partial charge in [-0.2, -0.15) is 5.10 Å². The van der Waals surface area contributed by atoms with E-state index in [1.54, 1.807) is 18.0 Å². The number of rotatable bonds is 6. The highest BCUT2D eigenvalue weighted by molar-refractivity contribution is 5.74. The first-order valence-corrected chi connectivity index (χ1v) is 7.54. The maximum Gasteiger partial charge on any atom is 0.278 e. The first-order valence-electron chi connectivity index (χ1n) is 7.54. The Balaban J connectivity index is 1.90. The van der Waals surface area contributed by atoms with Crippen LogP contribution < -0.4 is 15.6 Å². The van der Waals surface area contributed by atoms with Crippen LogP contribution in [0.15, 0.2) is 35.3 Å². The first kappa shape index (κ1) is 15.1. The molecule has 23 heavy (non-hydrogen) atoms. The van der Waals surface area contributed by atoms with Gasteiger partial charge in [-0.05, 0) is 24.1 Å². The molecule has 120 valence electrons. The zero-order valence-corrected chi connectivity index (χ0v) is 13.2. The Bertz CT molecular complexity index is 851. The molecule has 0 radical (unpaired) electrons. The molecule has 0 amide bonds. The number of anilines is 1. The predicted octanol–water partition coefficient (Wildman–Crippen LogP) is 2.00. The highest BCUT2D eigenvalue weighted by Crippen LogP contribution is 2.14. The lowest BCUT2D eigenvalue weighted by atomic mass is 10.2. The van der Waals surface area contributed by atoms with Crippen molar-refractivity contribution >= 4 is 17.0 Å². The van der Waals surface area contributed by atoms with Crippen LogP contribution in [0.3, 0.4) is 0 Å². The van der Waals surface area contributed by atoms with Crippen LogP contribution in [0.25, 0.3) is 11.0 Å². The van der Waals surface area contributed by atoms with Gasteiger partial charge in [0, 0.05) is 6.54 Å². The molecule has 1 aromatic carbocycles. The topological polar surface area (TPSA) is 84.8 Å². The molecule has 0 spiro atoms. The van der Waals surface area contributed by atoms with Crippen LogP contribution in [0.5, 0.6) is 5.75 Å². The Morgan fingerprint density at radius 1 is 1.30 bits per heavy atom. The van der Waals surface area contributed by atoms with Crippen molar-refractivity contribution in [1.82, 2.24) is 19.7 Å². The van der Waals surface area contributed by atoms with Crippen molar-refractivity contribution in [3.05, 3.63) is 46.4 Å². The summed E-state index contributed by atoms with van der Waals surface area (Å²) in [5.74, 6) is 1.28. The molecule has 0 aliphatic rings. The highest BCUT2D eigenvalue weighted by atomic mass is 16.5. The van der Waals surface area contributed by atoms with Gasteiger partial charge in [0.2, 0.25) is 5.95 Å². The molecule has 0 atom stereocenters. The van der Waals surface area contributed by atoms with Crippen LogP contribution in [0.4, 0.5) is 5.95 Å². The second kappa shape index (κ2) is 6.51. The van der Waals surface area contributed by atoms with Crippen LogP contribution in [0.2, 0.25) is 0 Å². The number of hydrogen-bond acceptors (Lipinski definition) is 5. The number of nitrogens with zero attached hydrogens (tertiary/aromatic N) is 3. The summed E-state index contributed by atoms with van der Waals surface area (Å²) in [6.07, 6.45) is 2.57. The van der Waals surface area contributed by atoms with Gasteiger partial charge in [0.1, 0.15) is 11.3 Å². The zero-order chi connectivity index (χ0) is 16.2. The molecule has 7 nitrogen and oxygen atoms in total. The van der Waals surface area contributed by atoms with E-state index >= 15 is 0 Å². The molecular weight excluding hydrogens is 294 g/mol. The van der Waals surface area contributed by atoms with Crippen LogP contribution >= 0.6 is 0 Å². The van der Waals surface area contributed by atoms with E-state index in [1.165, 1.54) is 0 Å².